The second-order valence-corrected chi connectivity index (χ2v) is 9.04. The first-order valence-corrected chi connectivity index (χ1v) is 11.8. The van der Waals surface area contributed by atoms with E-state index in [1.54, 1.807) is 28.7 Å². The van der Waals surface area contributed by atoms with Gasteiger partial charge in [-0.25, -0.2) is 9.67 Å². The number of rotatable bonds is 8. The summed E-state index contributed by atoms with van der Waals surface area (Å²) in [5, 5.41) is 10.2. The Bertz CT molecular complexity index is 1280. The maximum Gasteiger partial charge on any atom is 0.266 e. The quantitative estimate of drug-likeness (QED) is 0.426. The number of hydrogen-bond donors (Lipinski definition) is 1. The highest BCUT2D eigenvalue weighted by Gasteiger charge is 2.14. The van der Waals surface area contributed by atoms with Crippen molar-refractivity contribution < 1.29 is 9.53 Å². The van der Waals surface area contributed by atoms with E-state index in [2.05, 4.69) is 15.4 Å². The van der Waals surface area contributed by atoms with Gasteiger partial charge in [0.1, 0.15) is 16.5 Å². The van der Waals surface area contributed by atoms with Crippen molar-refractivity contribution >= 4 is 28.6 Å². The molecule has 32 heavy (non-hydrogen) atoms. The SMILES string of the molecule is Cc1ccccc1OCC(=O)NCCn1nc(-c2sc(-c3cccs3)nc2C)ccc1=O. The molecule has 0 unspecified atom stereocenters. The van der Waals surface area contributed by atoms with Gasteiger partial charge in [-0.15, -0.1) is 22.7 Å². The fourth-order valence-corrected chi connectivity index (χ4v) is 4.91. The molecular formula is C23H22N4O3S2. The first kappa shape index (κ1) is 21.9. The summed E-state index contributed by atoms with van der Waals surface area (Å²) < 4.78 is 6.91. The van der Waals surface area contributed by atoms with Crippen molar-refractivity contribution in [1.82, 2.24) is 20.1 Å². The summed E-state index contributed by atoms with van der Waals surface area (Å²) in [6.45, 7) is 4.31. The molecule has 0 fully saturated rings. The van der Waals surface area contributed by atoms with E-state index in [-0.39, 0.29) is 31.2 Å². The molecule has 0 radical (unpaired) electrons. The Balaban J connectivity index is 1.38. The minimum atomic E-state index is -0.253. The molecule has 1 amide bonds. The first-order chi connectivity index (χ1) is 15.5. The molecule has 4 aromatic rings. The molecule has 164 valence electrons. The highest BCUT2D eigenvalue weighted by molar-refractivity contribution is 7.23. The maximum atomic E-state index is 12.3. The van der Waals surface area contributed by atoms with Gasteiger partial charge in [-0.05, 0) is 43.0 Å². The average Bonchev–Trinajstić information content (AvgIpc) is 3.44. The lowest BCUT2D eigenvalue weighted by molar-refractivity contribution is -0.123. The zero-order valence-electron chi connectivity index (χ0n) is 17.7. The Morgan fingerprint density at radius 3 is 2.75 bits per heavy atom. The van der Waals surface area contributed by atoms with Crippen LogP contribution in [0.5, 0.6) is 5.75 Å². The van der Waals surface area contributed by atoms with Gasteiger partial charge >= 0.3 is 0 Å². The molecule has 0 atom stereocenters. The summed E-state index contributed by atoms with van der Waals surface area (Å²) in [5.41, 5.74) is 2.31. The lowest BCUT2D eigenvalue weighted by Crippen LogP contribution is -2.34. The van der Waals surface area contributed by atoms with E-state index in [1.807, 2.05) is 55.6 Å². The number of carbonyl (C=O) groups excluding carboxylic acids is 1. The van der Waals surface area contributed by atoms with E-state index in [0.29, 0.717) is 11.4 Å². The fraction of sp³-hybridized carbons (Fsp3) is 0.217. The van der Waals surface area contributed by atoms with E-state index in [9.17, 15) is 9.59 Å². The lowest BCUT2D eigenvalue weighted by atomic mass is 10.2. The normalized spacial score (nSPS) is 10.8. The smallest absolute Gasteiger partial charge is 0.266 e. The topological polar surface area (TPSA) is 86.1 Å². The summed E-state index contributed by atoms with van der Waals surface area (Å²) in [6, 6.07) is 14.8. The molecule has 7 nitrogen and oxygen atoms in total. The van der Waals surface area contributed by atoms with Crippen LogP contribution in [0.15, 0.2) is 58.7 Å². The largest absolute Gasteiger partial charge is 0.484 e. The molecule has 0 bridgehead atoms. The zero-order valence-corrected chi connectivity index (χ0v) is 19.3. The maximum absolute atomic E-state index is 12.3. The number of thiazole rings is 1. The number of thiophene rings is 1. The van der Waals surface area contributed by atoms with Gasteiger partial charge in [0.05, 0.1) is 22.0 Å². The van der Waals surface area contributed by atoms with Gasteiger partial charge in [0.15, 0.2) is 6.61 Å². The molecule has 3 heterocycles. The number of aromatic nitrogens is 3. The van der Waals surface area contributed by atoms with E-state index >= 15 is 0 Å². The highest BCUT2D eigenvalue weighted by atomic mass is 32.1. The Morgan fingerprint density at radius 2 is 1.97 bits per heavy atom. The summed E-state index contributed by atoms with van der Waals surface area (Å²) >= 11 is 3.19. The van der Waals surface area contributed by atoms with Crippen molar-refractivity contribution in [2.45, 2.75) is 20.4 Å². The van der Waals surface area contributed by atoms with Gasteiger partial charge in [-0.1, -0.05) is 24.3 Å². The Labute approximate surface area is 193 Å². The number of benzene rings is 1. The predicted octanol–water partition coefficient (Wildman–Crippen LogP) is 3.91. The van der Waals surface area contributed by atoms with Gasteiger partial charge in [0.25, 0.3) is 11.5 Å². The molecule has 0 spiro atoms. The Kier molecular flexibility index (Phi) is 6.77. The van der Waals surface area contributed by atoms with Gasteiger partial charge in [0, 0.05) is 12.6 Å². The third kappa shape index (κ3) is 5.12. The number of nitrogens with one attached hydrogen (secondary N) is 1. The molecule has 1 N–H and O–H groups in total. The molecule has 0 aliphatic heterocycles. The number of hydrogen-bond acceptors (Lipinski definition) is 7. The van der Waals surface area contributed by atoms with E-state index < -0.39 is 0 Å². The number of aryl methyl sites for hydroxylation is 2. The summed E-state index contributed by atoms with van der Waals surface area (Å²) in [5.74, 6) is 0.423. The molecule has 3 aromatic heterocycles. The lowest BCUT2D eigenvalue weighted by Gasteiger charge is -2.10. The first-order valence-electron chi connectivity index (χ1n) is 10.1. The van der Waals surface area contributed by atoms with Crippen LogP contribution in [0.2, 0.25) is 0 Å². The molecule has 0 aliphatic rings. The second-order valence-electron chi connectivity index (χ2n) is 7.09. The minimum Gasteiger partial charge on any atom is -0.484 e. The number of nitrogens with zero attached hydrogens (tertiary/aromatic N) is 3. The molecule has 9 heteroatoms. The van der Waals surface area contributed by atoms with Crippen LogP contribution >= 0.6 is 22.7 Å². The monoisotopic (exact) mass is 466 g/mol. The van der Waals surface area contributed by atoms with Crippen molar-refractivity contribution in [3.63, 3.8) is 0 Å². The molecule has 0 aliphatic carbocycles. The Hall–Kier alpha value is -3.30. The summed E-state index contributed by atoms with van der Waals surface area (Å²) in [4.78, 5) is 31.0. The van der Waals surface area contributed by atoms with Crippen molar-refractivity contribution in [2.75, 3.05) is 13.2 Å². The summed E-state index contributed by atoms with van der Waals surface area (Å²) in [6.07, 6.45) is 0. The Morgan fingerprint density at radius 1 is 1.12 bits per heavy atom. The molecule has 4 rings (SSSR count). The predicted molar refractivity (Wildman–Crippen MR) is 127 cm³/mol. The highest BCUT2D eigenvalue weighted by Crippen LogP contribution is 2.35. The number of ether oxygens (including phenoxy) is 1. The third-order valence-corrected chi connectivity index (χ3v) is 6.94. The van der Waals surface area contributed by atoms with Crippen LogP contribution in [0, 0.1) is 13.8 Å². The fourth-order valence-electron chi connectivity index (χ4n) is 3.08. The molecule has 1 aromatic carbocycles. The zero-order chi connectivity index (χ0) is 22.5. The van der Waals surface area contributed by atoms with Crippen LogP contribution in [0.1, 0.15) is 11.3 Å². The molecule has 0 saturated heterocycles. The van der Waals surface area contributed by atoms with Gasteiger partial charge in [0.2, 0.25) is 0 Å². The standard InChI is InChI=1S/C23H22N4O3S2/c1-15-6-3-4-7-18(15)30-14-20(28)24-11-12-27-21(29)10-9-17(26-27)22-16(2)25-23(32-22)19-8-5-13-31-19/h3-10,13H,11-12,14H2,1-2H3,(H,24,28). The van der Waals surface area contributed by atoms with Crippen molar-refractivity contribution in [2.24, 2.45) is 0 Å². The van der Waals surface area contributed by atoms with Crippen molar-refractivity contribution in [1.29, 1.82) is 0 Å². The molecule has 0 saturated carbocycles. The second kappa shape index (κ2) is 9.88. The average molecular weight is 467 g/mol. The van der Waals surface area contributed by atoms with Crippen LogP contribution in [0.25, 0.3) is 20.5 Å². The van der Waals surface area contributed by atoms with Crippen LogP contribution in [0.4, 0.5) is 0 Å². The van der Waals surface area contributed by atoms with E-state index in [1.165, 1.54) is 10.7 Å². The van der Waals surface area contributed by atoms with E-state index in [0.717, 1.165) is 26.0 Å². The van der Waals surface area contributed by atoms with Crippen LogP contribution < -0.4 is 15.6 Å². The van der Waals surface area contributed by atoms with Gasteiger partial charge in [-0.3, -0.25) is 9.59 Å². The van der Waals surface area contributed by atoms with Crippen molar-refractivity contribution in [3.8, 4) is 26.2 Å². The van der Waals surface area contributed by atoms with Crippen LogP contribution in [-0.4, -0.2) is 33.8 Å². The van der Waals surface area contributed by atoms with Gasteiger partial charge < -0.3 is 10.1 Å². The van der Waals surface area contributed by atoms with Gasteiger partial charge in [-0.2, -0.15) is 5.10 Å². The summed E-state index contributed by atoms with van der Waals surface area (Å²) in [7, 11) is 0. The van der Waals surface area contributed by atoms with Crippen LogP contribution in [-0.2, 0) is 11.3 Å². The minimum absolute atomic E-state index is 0.0845. The number of para-hydroxylation sites is 1. The third-order valence-electron chi connectivity index (χ3n) is 4.73. The number of amides is 1. The van der Waals surface area contributed by atoms with Crippen molar-refractivity contribution in [3.05, 3.63) is 75.5 Å². The van der Waals surface area contributed by atoms with E-state index in [4.69, 9.17) is 4.74 Å². The number of carbonyl (C=O) groups is 1. The molecular weight excluding hydrogens is 444 g/mol. The van der Waals surface area contributed by atoms with Crippen LogP contribution in [0.3, 0.4) is 0 Å².